The number of rotatable bonds is 5. The molecule has 5 aromatic carbocycles. The van der Waals surface area contributed by atoms with E-state index in [1.54, 1.807) is 6.20 Å². The molecule has 259 valence electrons. The van der Waals surface area contributed by atoms with Crippen LogP contribution in [0.25, 0.3) is 61.3 Å². The predicted molar refractivity (Wildman–Crippen MR) is 206 cm³/mol. The molecule has 0 atom stereocenters. The van der Waals surface area contributed by atoms with E-state index in [0.717, 1.165) is 61.3 Å². The smallest absolute Gasteiger partial charge is 0.120 e. The first kappa shape index (κ1) is 35.9. The van der Waals surface area contributed by atoms with E-state index in [-0.39, 0.29) is 25.5 Å². The minimum Gasteiger partial charge on any atom is -0.501 e. The average molecular weight is 847 g/mol. The molecule has 0 bridgehead atoms. The normalized spacial score (nSPS) is 11.6. The molecule has 0 fully saturated rings. The molecule has 8 rings (SSSR count). The largest absolute Gasteiger partial charge is 0.501 e. The average Bonchev–Trinajstić information content (AvgIpc) is 3.70. The fourth-order valence-electron chi connectivity index (χ4n) is 6.46. The molecule has 0 saturated heterocycles. The number of hydrogen-bond donors (Lipinski definition) is 0. The molecule has 0 spiro atoms. The van der Waals surface area contributed by atoms with Crippen molar-refractivity contribution < 1.29 is 24.5 Å². The van der Waals surface area contributed by atoms with Crippen molar-refractivity contribution in [3.05, 3.63) is 144 Å². The third kappa shape index (κ3) is 7.04. The summed E-state index contributed by atoms with van der Waals surface area (Å²) < 4.78 is 8.38. The first-order chi connectivity index (χ1) is 24.1. The first-order valence-corrected chi connectivity index (χ1v) is 17.3. The molecule has 5 nitrogen and oxygen atoms in total. The number of para-hydroxylation sites is 4. The van der Waals surface area contributed by atoms with E-state index in [1.807, 2.05) is 54.7 Å². The van der Waals surface area contributed by atoms with Crippen molar-refractivity contribution in [1.82, 2.24) is 19.5 Å². The third-order valence-electron chi connectivity index (χ3n) is 9.09. The van der Waals surface area contributed by atoms with Gasteiger partial charge in [0, 0.05) is 54.7 Å². The van der Waals surface area contributed by atoms with Crippen molar-refractivity contribution in [2.75, 3.05) is 0 Å². The van der Waals surface area contributed by atoms with E-state index in [2.05, 4.69) is 130 Å². The van der Waals surface area contributed by atoms with Gasteiger partial charge in [-0.05, 0) is 41.2 Å². The van der Waals surface area contributed by atoms with Crippen LogP contribution in [0.5, 0.6) is 0 Å². The number of nitrogens with zero attached hydrogens (tertiary/aromatic N) is 4. The van der Waals surface area contributed by atoms with E-state index in [0.29, 0.717) is 11.8 Å². The van der Waals surface area contributed by atoms with Crippen LogP contribution >= 0.6 is 0 Å². The molecular weight excluding hydrogens is 805 g/mol. The molecule has 0 aliphatic heterocycles. The van der Waals surface area contributed by atoms with E-state index >= 15 is 0 Å². The molecular formula is C45H42IrN4O-2. The van der Waals surface area contributed by atoms with Gasteiger partial charge in [0.05, 0.1) is 28.1 Å². The zero-order valence-corrected chi connectivity index (χ0v) is 32.5. The van der Waals surface area contributed by atoms with Gasteiger partial charge in [-0.15, -0.1) is 54.1 Å². The number of benzene rings is 5. The van der Waals surface area contributed by atoms with Gasteiger partial charge in [-0.1, -0.05) is 108 Å². The second kappa shape index (κ2) is 14.8. The number of hydrogen-bond acceptors (Lipinski definition) is 4. The molecule has 0 unspecified atom stereocenters. The Balaban J connectivity index is 0.000000174. The molecule has 0 amide bonds. The molecule has 0 N–H and O–H groups in total. The zero-order chi connectivity index (χ0) is 35.0. The monoisotopic (exact) mass is 847 g/mol. The van der Waals surface area contributed by atoms with Crippen LogP contribution in [-0.2, 0) is 25.5 Å². The standard InChI is InChI=1S/C25H25N2.C20H17N2O.Ir/c1-17(2)20-13-10-14-21(18(3)4)24(20)27-23-16-9-8-15-22(23)26-25(27)19-11-6-5-7-12-19;1-20(2,3)18-12-21-16(11-22-18)15-9-6-8-14-13-7-4-5-10-17(13)23-19(14)15;/h5-11,13-18H,1-4H3;4-8,10-12H,1-3H3;/q2*-1;. The summed E-state index contributed by atoms with van der Waals surface area (Å²) in [5, 5.41) is 2.19. The van der Waals surface area contributed by atoms with Gasteiger partial charge in [0.15, 0.2) is 0 Å². The van der Waals surface area contributed by atoms with Gasteiger partial charge in [-0.3, -0.25) is 9.97 Å². The van der Waals surface area contributed by atoms with Gasteiger partial charge >= 0.3 is 0 Å². The van der Waals surface area contributed by atoms with Crippen LogP contribution in [0.2, 0.25) is 0 Å². The first-order valence-electron chi connectivity index (χ1n) is 17.3. The van der Waals surface area contributed by atoms with E-state index in [1.165, 1.54) is 16.8 Å². The fraction of sp³-hybridized carbons (Fsp3) is 0.222. The number of fused-ring (bicyclic) bond motifs is 4. The molecule has 6 heteroatoms. The Bertz CT molecular complexity index is 2390. The van der Waals surface area contributed by atoms with Crippen LogP contribution in [-0.4, -0.2) is 19.5 Å². The van der Waals surface area contributed by atoms with Crippen molar-refractivity contribution >= 4 is 33.0 Å². The molecule has 51 heavy (non-hydrogen) atoms. The summed E-state index contributed by atoms with van der Waals surface area (Å²) in [6.07, 6.45) is 3.64. The second-order valence-corrected chi connectivity index (χ2v) is 14.4. The Morgan fingerprint density at radius 1 is 0.686 bits per heavy atom. The number of furan rings is 1. The Labute approximate surface area is 314 Å². The predicted octanol–water partition coefficient (Wildman–Crippen LogP) is 11.9. The van der Waals surface area contributed by atoms with Gasteiger partial charge < -0.3 is 14.0 Å². The Hall–Kier alpha value is -4.90. The minimum absolute atomic E-state index is 0. The van der Waals surface area contributed by atoms with Crippen LogP contribution in [0, 0.1) is 12.1 Å². The van der Waals surface area contributed by atoms with Crippen molar-refractivity contribution in [1.29, 1.82) is 0 Å². The summed E-state index contributed by atoms with van der Waals surface area (Å²) in [5.41, 5.74) is 11.4. The van der Waals surface area contributed by atoms with E-state index < -0.39 is 0 Å². The number of imidazole rings is 1. The summed E-state index contributed by atoms with van der Waals surface area (Å²) in [5.74, 6) is 1.80. The molecule has 8 aromatic rings. The Morgan fingerprint density at radius 2 is 1.39 bits per heavy atom. The summed E-state index contributed by atoms with van der Waals surface area (Å²) in [7, 11) is 0. The van der Waals surface area contributed by atoms with Gasteiger partial charge in [0.2, 0.25) is 0 Å². The van der Waals surface area contributed by atoms with E-state index in [4.69, 9.17) is 9.40 Å². The van der Waals surface area contributed by atoms with Crippen molar-refractivity contribution in [2.24, 2.45) is 0 Å². The molecule has 1 radical (unpaired) electrons. The molecule has 0 saturated carbocycles. The summed E-state index contributed by atoms with van der Waals surface area (Å²) in [4.78, 5) is 14.1. The van der Waals surface area contributed by atoms with Crippen LogP contribution in [0.1, 0.15) is 77.1 Å². The maximum atomic E-state index is 6.04. The van der Waals surface area contributed by atoms with Gasteiger partial charge in [-0.2, -0.15) is 0 Å². The Kier molecular flexibility index (Phi) is 10.4. The van der Waals surface area contributed by atoms with Gasteiger partial charge in [0.25, 0.3) is 0 Å². The van der Waals surface area contributed by atoms with Crippen LogP contribution in [0.15, 0.2) is 120 Å². The molecule has 3 aromatic heterocycles. The second-order valence-electron chi connectivity index (χ2n) is 14.4. The summed E-state index contributed by atoms with van der Waals surface area (Å²) in [6.45, 7) is 15.4. The molecule has 0 aliphatic carbocycles. The number of aromatic nitrogens is 4. The Morgan fingerprint density at radius 3 is 2.06 bits per heavy atom. The van der Waals surface area contributed by atoms with Crippen molar-refractivity contribution in [3.63, 3.8) is 0 Å². The summed E-state index contributed by atoms with van der Waals surface area (Å²) >= 11 is 0. The van der Waals surface area contributed by atoms with Crippen LogP contribution < -0.4 is 0 Å². The quantitative estimate of drug-likeness (QED) is 0.162. The topological polar surface area (TPSA) is 56.7 Å². The van der Waals surface area contributed by atoms with Crippen molar-refractivity contribution in [3.8, 4) is 28.3 Å². The van der Waals surface area contributed by atoms with Crippen LogP contribution in [0.3, 0.4) is 0 Å². The SMILES string of the molecule is CC(C)(C)c1cnc(-c2[c-]ccc3c2oc2ccccc23)cn1.CC(C)c1cccc(C(C)C)c1-n1c(-c2[c-]cccc2)nc2ccccc21.[Ir]. The minimum atomic E-state index is -0.0133. The zero-order valence-electron chi connectivity index (χ0n) is 30.2. The van der Waals surface area contributed by atoms with Crippen molar-refractivity contribution in [2.45, 2.75) is 65.7 Å². The van der Waals surface area contributed by atoms with Crippen LogP contribution in [0.4, 0.5) is 0 Å². The summed E-state index contributed by atoms with van der Waals surface area (Å²) in [6, 6.07) is 41.8. The van der Waals surface area contributed by atoms with E-state index in [9.17, 15) is 0 Å². The molecule has 0 aliphatic rings. The fourth-order valence-corrected chi connectivity index (χ4v) is 6.46. The third-order valence-corrected chi connectivity index (χ3v) is 9.09. The molecule has 3 heterocycles. The van der Waals surface area contributed by atoms with Gasteiger partial charge in [-0.25, -0.2) is 0 Å². The maximum Gasteiger partial charge on any atom is 0.120 e. The van der Waals surface area contributed by atoms with Gasteiger partial charge in [0.1, 0.15) is 5.58 Å². The maximum absolute atomic E-state index is 6.04.